The standard InChI is InChI=1S/C12H19ClN4O2/c1-3-5-8-18-9-6-14-11-15-10(13)16-12(17-11)19-7-4-2/h3H,1,4-9H2,2H3,(H,14,15,16,17). The van der Waals surface area contributed by atoms with Gasteiger partial charge in [0, 0.05) is 6.54 Å². The number of hydrogen-bond donors (Lipinski definition) is 1. The predicted molar refractivity (Wildman–Crippen MR) is 74.7 cm³/mol. The fraction of sp³-hybridized carbons (Fsp3) is 0.583. The molecule has 0 saturated carbocycles. The van der Waals surface area contributed by atoms with Crippen LogP contribution in [0, 0.1) is 0 Å². The molecule has 0 fully saturated rings. The number of hydrogen-bond acceptors (Lipinski definition) is 6. The minimum atomic E-state index is 0.108. The van der Waals surface area contributed by atoms with E-state index in [-0.39, 0.29) is 11.3 Å². The molecule has 1 heterocycles. The third-order valence-electron chi connectivity index (χ3n) is 2.02. The number of rotatable bonds is 10. The molecular formula is C12H19ClN4O2. The lowest BCUT2D eigenvalue weighted by Crippen LogP contribution is -2.13. The van der Waals surface area contributed by atoms with Crippen molar-refractivity contribution in [3.63, 3.8) is 0 Å². The molecule has 1 aromatic heterocycles. The van der Waals surface area contributed by atoms with Crippen molar-refractivity contribution >= 4 is 17.5 Å². The number of anilines is 1. The molecule has 0 bridgehead atoms. The molecule has 0 atom stereocenters. The molecule has 1 aromatic rings. The molecule has 0 radical (unpaired) electrons. The van der Waals surface area contributed by atoms with Gasteiger partial charge in [0.2, 0.25) is 11.2 Å². The van der Waals surface area contributed by atoms with E-state index < -0.39 is 0 Å². The molecule has 0 unspecified atom stereocenters. The van der Waals surface area contributed by atoms with Crippen LogP contribution in [0.4, 0.5) is 5.95 Å². The van der Waals surface area contributed by atoms with Crippen molar-refractivity contribution in [2.75, 3.05) is 31.7 Å². The van der Waals surface area contributed by atoms with E-state index in [0.29, 0.717) is 32.3 Å². The summed E-state index contributed by atoms with van der Waals surface area (Å²) in [6, 6.07) is 0.233. The van der Waals surface area contributed by atoms with Crippen LogP contribution >= 0.6 is 11.6 Å². The Kier molecular flexibility index (Phi) is 7.84. The molecule has 0 amide bonds. The van der Waals surface area contributed by atoms with Gasteiger partial charge in [-0.3, -0.25) is 0 Å². The van der Waals surface area contributed by atoms with Gasteiger partial charge in [-0.05, 0) is 24.4 Å². The topological polar surface area (TPSA) is 69.2 Å². The van der Waals surface area contributed by atoms with Crippen LogP contribution in [0.5, 0.6) is 6.01 Å². The highest BCUT2D eigenvalue weighted by atomic mass is 35.5. The van der Waals surface area contributed by atoms with E-state index in [4.69, 9.17) is 21.1 Å². The van der Waals surface area contributed by atoms with Gasteiger partial charge in [0.05, 0.1) is 19.8 Å². The zero-order chi connectivity index (χ0) is 13.9. The summed E-state index contributed by atoms with van der Waals surface area (Å²) in [6.45, 7) is 7.97. The number of aromatic nitrogens is 3. The smallest absolute Gasteiger partial charge is 0.322 e. The van der Waals surface area contributed by atoms with Gasteiger partial charge in [-0.25, -0.2) is 0 Å². The van der Waals surface area contributed by atoms with Gasteiger partial charge in [-0.2, -0.15) is 15.0 Å². The fourth-order valence-corrected chi connectivity index (χ4v) is 1.32. The predicted octanol–water partition coefficient (Wildman–Crippen LogP) is 2.32. The second-order valence-electron chi connectivity index (χ2n) is 3.68. The largest absolute Gasteiger partial charge is 0.463 e. The maximum Gasteiger partial charge on any atom is 0.322 e. The lowest BCUT2D eigenvalue weighted by Gasteiger charge is -2.07. The molecule has 0 saturated heterocycles. The van der Waals surface area contributed by atoms with Crippen molar-refractivity contribution in [3.8, 4) is 6.01 Å². The average Bonchev–Trinajstić information content (AvgIpc) is 2.40. The van der Waals surface area contributed by atoms with Crippen LogP contribution in [-0.4, -0.2) is 41.3 Å². The van der Waals surface area contributed by atoms with Gasteiger partial charge in [0.15, 0.2) is 0 Å². The minimum absolute atomic E-state index is 0.108. The van der Waals surface area contributed by atoms with Gasteiger partial charge in [0.25, 0.3) is 0 Å². The Morgan fingerprint density at radius 2 is 2.11 bits per heavy atom. The Morgan fingerprint density at radius 3 is 2.84 bits per heavy atom. The summed E-state index contributed by atoms with van der Waals surface area (Å²) >= 11 is 5.79. The highest BCUT2D eigenvalue weighted by Crippen LogP contribution is 2.11. The van der Waals surface area contributed by atoms with Crippen LogP contribution < -0.4 is 10.1 Å². The molecule has 19 heavy (non-hydrogen) atoms. The Hall–Kier alpha value is -1.40. The summed E-state index contributed by atoms with van der Waals surface area (Å²) in [5.41, 5.74) is 0. The molecule has 1 N–H and O–H groups in total. The maximum absolute atomic E-state index is 5.79. The summed E-state index contributed by atoms with van der Waals surface area (Å²) < 4.78 is 10.7. The first-order valence-corrected chi connectivity index (χ1v) is 6.61. The van der Waals surface area contributed by atoms with Gasteiger partial charge in [-0.1, -0.05) is 13.0 Å². The molecule has 0 aromatic carbocycles. The Balaban J connectivity index is 2.35. The van der Waals surface area contributed by atoms with Gasteiger partial charge in [-0.15, -0.1) is 6.58 Å². The van der Waals surface area contributed by atoms with E-state index in [1.165, 1.54) is 0 Å². The van der Waals surface area contributed by atoms with Crippen LogP contribution in [0.15, 0.2) is 12.7 Å². The number of nitrogens with one attached hydrogen (secondary N) is 1. The van der Waals surface area contributed by atoms with Gasteiger partial charge < -0.3 is 14.8 Å². The zero-order valence-electron chi connectivity index (χ0n) is 11.1. The van der Waals surface area contributed by atoms with E-state index >= 15 is 0 Å². The fourth-order valence-electron chi connectivity index (χ4n) is 1.17. The third kappa shape index (κ3) is 6.93. The Bertz CT molecular complexity index is 390. The van der Waals surface area contributed by atoms with Crippen molar-refractivity contribution in [2.24, 2.45) is 0 Å². The monoisotopic (exact) mass is 286 g/mol. The molecular weight excluding hydrogens is 268 g/mol. The van der Waals surface area contributed by atoms with Crippen molar-refractivity contribution < 1.29 is 9.47 Å². The molecule has 106 valence electrons. The normalized spacial score (nSPS) is 10.2. The SMILES string of the molecule is C=CCCOCCNc1nc(Cl)nc(OCCC)n1. The van der Waals surface area contributed by atoms with Crippen LogP contribution in [0.2, 0.25) is 5.28 Å². The molecule has 7 heteroatoms. The molecule has 0 aliphatic heterocycles. The van der Waals surface area contributed by atoms with Crippen LogP contribution in [0.3, 0.4) is 0 Å². The first-order chi connectivity index (χ1) is 9.26. The summed E-state index contributed by atoms with van der Waals surface area (Å²) in [7, 11) is 0. The van der Waals surface area contributed by atoms with E-state index in [1.807, 2.05) is 13.0 Å². The van der Waals surface area contributed by atoms with E-state index in [9.17, 15) is 0 Å². The van der Waals surface area contributed by atoms with Crippen LogP contribution in [-0.2, 0) is 4.74 Å². The van der Waals surface area contributed by atoms with Crippen molar-refractivity contribution in [3.05, 3.63) is 17.9 Å². The van der Waals surface area contributed by atoms with E-state index in [0.717, 1.165) is 12.8 Å². The number of nitrogens with zero attached hydrogens (tertiary/aromatic N) is 3. The maximum atomic E-state index is 5.79. The third-order valence-corrected chi connectivity index (χ3v) is 2.19. The summed E-state index contributed by atoms with van der Waals surface area (Å²) in [5, 5.41) is 3.11. The van der Waals surface area contributed by atoms with Crippen molar-refractivity contribution in [1.29, 1.82) is 0 Å². The molecule has 0 aliphatic rings. The lowest BCUT2D eigenvalue weighted by atomic mass is 10.4. The minimum Gasteiger partial charge on any atom is -0.463 e. The second kappa shape index (κ2) is 9.52. The van der Waals surface area contributed by atoms with Crippen LogP contribution in [0.1, 0.15) is 19.8 Å². The van der Waals surface area contributed by atoms with E-state index in [1.54, 1.807) is 0 Å². The first-order valence-electron chi connectivity index (χ1n) is 6.23. The highest BCUT2D eigenvalue weighted by molar-refractivity contribution is 6.28. The molecule has 0 spiro atoms. The van der Waals surface area contributed by atoms with Crippen molar-refractivity contribution in [2.45, 2.75) is 19.8 Å². The van der Waals surface area contributed by atoms with E-state index in [2.05, 4.69) is 26.8 Å². The zero-order valence-corrected chi connectivity index (χ0v) is 11.8. The average molecular weight is 287 g/mol. The quantitative estimate of drug-likeness (QED) is 0.526. The summed E-state index contributed by atoms with van der Waals surface area (Å²) in [4.78, 5) is 11.9. The summed E-state index contributed by atoms with van der Waals surface area (Å²) in [6.07, 6.45) is 3.53. The Morgan fingerprint density at radius 1 is 1.26 bits per heavy atom. The van der Waals surface area contributed by atoms with Gasteiger partial charge >= 0.3 is 6.01 Å². The summed E-state index contributed by atoms with van der Waals surface area (Å²) in [5.74, 6) is 0.387. The second-order valence-corrected chi connectivity index (χ2v) is 4.01. The first kappa shape index (κ1) is 15.7. The molecule has 6 nitrogen and oxygen atoms in total. The Labute approximate surface area is 118 Å². The van der Waals surface area contributed by atoms with Crippen LogP contribution in [0.25, 0.3) is 0 Å². The lowest BCUT2D eigenvalue weighted by molar-refractivity contribution is 0.148. The van der Waals surface area contributed by atoms with Crippen molar-refractivity contribution in [1.82, 2.24) is 15.0 Å². The highest BCUT2D eigenvalue weighted by Gasteiger charge is 2.05. The molecule has 1 rings (SSSR count). The van der Waals surface area contributed by atoms with Gasteiger partial charge in [0.1, 0.15) is 0 Å². The number of halogens is 1. The molecule has 0 aliphatic carbocycles. The number of ether oxygens (including phenoxy) is 2.